The monoisotopic (exact) mass is 904 g/mol. The fourth-order valence-electron chi connectivity index (χ4n) is 11.8. The standard InChI is InChI=1S/C66H52N2O2/c1-38-15-20-45(35-43(38)6)64(69)67-50-27-23-48(24-28-50)66(58-13-9-7-11-52(58)53-12-8-10-14-59(53)66)49-25-29-51(30-26-49)68-65(70)46-21-16-39(2)47(37-46)36-44-22-34-57-55-32-18-41(4)60-40(3)17-31-54(62(55)60)56-33-19-42(5)61(44)63(56)57/h7-35,37H,36H2,1-6H3,(H,67,69)(H,68,70). The van der Waals surface area contributed by atoms with Crippen LogP contribution in [0.4, 0.5) is 11.4 Å². The van der Waals surface area contributed by atoms with E-state index in [-0.39, 0.29) is 11.8 Å². The Morgan fingerprint density at radius 1 is 0.371 bits per heavy atom. The average Bonchev–Trinajstić information content (AvgIpc) is 3.67. The van der Waals surface area contributed by atoms with Gasteiger partial charge in [-0.25, -0.2) is 0 Å². The van der Waals surface area contributed by atoms with Crippen LogP contribution in [0.1, 0.15) is 87.5 Å². The highest BCUT2D eigenvalue weighted by Crippen LogP contribution is 2.56. The van der Waals surface area contributed by atoms with Crippen molar-refractivity contribution in [2.24, 2.45) is 0 Å². The second-order valence-electron chi connectivity index (χ2n) is 19.6. The minimum atomic E-state index is -0.646. The Bertz CT molecular complexity index is 3850. The quantitative estimate of drug-likeness (QED) is 0.118. The molecule has 4 heteroatoms. The van der Waals surface area contributed by atoms with Gasteiger partial charge in [0.2, 0.25) is 0 Å². The van der Waals surface area contributed by atoms with Crippen molar-refractivity contribution < 1.29 is 9.59 Å². The minimum absolute atomic E-state index is 0.139. The van der Waals surface area contributed by atoms with E-state index in [1.165, 1.54) is 87.6 Å². The number of benzene rings is 11. The molecular formula is C66H52N2O2. The van der Waals surface area contributed by atoms with Gasteiger partial charge in [-0.3, -0.25) is 9.59 Å². The van der Waals surface area contributed by atoms with Crippen molar-refractivity contribution >= 4 is 66.3 Å². The van der Waals surface area contributed by atoms with Crippen LogP contribution in [-0.2, 0) is 11.8 Å². The predicted molar refractivity (Wildman–Crippen MR) is 291 cm³/mol. The van der Waals surface area contributed by atoms with Crippen LogP contribution >= 0.6 is 0 Å². The molecule has 0 saturated carbocycles. The summed E-state index contributed by atoms with van der Waals surface area (Å²) in [5, 5.41) is 16.9. The number of nitrogens with one attached hydrogen (secondary N) is 2. The van der Waals surface area contributed by atoms with E-state index in [1.807, 2.05) is 62.4 Å². The number of rotatable bonds is 8. The van der Waals surface area contributed by atoms with Crippen LogP contribution in [0.15, 0.2) is 182 Å². The van der Waals surface area contributed by atoms with E-state index >= 15 is 0 Å². The Morgan fingerprint density at radius 2 is 0.800 bits per heavy atom. The SMILES string of the molecule is Cc1ccc(C(=O)Nc2ccc(C3(c4ccc(NC(=O)c5ccc(C)c(Cc6ccc7c8ccc(C)c9c(C)ccc(c%10ccc(C)c6c%107)c98)c5)cc4)c4ccccc4-c4ccccc43)cc2)cc1C. The molecule has 0 fully saturated rings. The van der Waals surface area contributed by atoms with Gasteiger partial charge in [-0.05, 0) is 217 Å². The number of carbonyl (C=O) groups excluding carboxylic acids is 2. The summed E-state index contributed by atoms with van der Waals surface area (Å²) in [6.07, 6.45) is 0.706. The van der Waals surface area contributed by atoms with Crippen LogP contribution < -0.4 is 10.6 Å². The van der Waals surface area contributed by atoms with Crippen molar-refractivity contribution in [2.75, 3.05) is 10.6 Å². The molecule has 0 atom stereocenters. The molecule has 1 aliphatic carbocycles. The Balaban J connectivity index is 0.860. The maximum absolute atomic E-state index is 14.2. The zero-order valence-corrected chi connectivity index (χ0v) is 40.3. The highest BCUT2D eigenvalue weighted by atomic mass is 16.2. The summed E-state index contributed by atoms with van der Waals surface area (Å²) in [5.74, 6) is -0.290. The van der Waals surface area contributed by atoms with Gasteiger partial charge >= 0.3 is 0 Å². The summed E-state index contributed by atoms with van der Waals surface area (Å²) in [5.41, 5.74) is 18.6. The van der Waals surface area contributed by atoms with Gasteiger partial charge < -0.3 is 10.6 Å². The Morgan fingerprint density at radius 3 is 1.31 bits per heavy atom. The lowest BCUT2D eigenvalue weighted by molar-refractivity contribution is 0.101. The molecule has 0 saturated heterocycles. The molecule has 2 N–H and O–H groups in total. The molecule has 12 rings (SSSR count). The zero-order chi connectivity index (χ0) is 48.0. The van der Waals surface area contributed by atoms with Crippen LogP contribution in [0.2, 0.25) is 0 Å². The van der Waals surface area contributed by atoms with Crippen molar-refractivity contribution in [1.29, 1.82) is 0 Å². The summed E-state index contributed by atoms with van der Waals surface area (Å²) in [7, 11) is 0. The van der Waals surface area contributed by atoms with Gasteiger partial charge in [0.05, 0.1) is 5.41 Å². The van der Waals surface area contributed by atoms with Gasteiger partial charge in [-0.1, -0.05) is 133 Å². The second-order valence-corrected chi connectivity index (χ2v) is 19.6. The minimum Gasteiger partial charge on any atom is -0.322 e. The molecule has 0 aromatic heterocycles. The first-order valence-electron chi connectivity index (χ1n) is 24.3. The largest absolute Gasteiger partial charge is 0.322 e. The molecule has 1 aliphatic rings. The number of anilines is 2. The maximum atomic E-state index is 14.2. The third-order valence-electron chi connectivity index (χ3n) is 15.5. The molecule has 0 radical (unpaired) electrons. The average molecular weight is 905 g/mol. The van der Waals surface area contributed by atoms with Crippen molar-refractivity contribution in [1.82, 2.24) is 0 Å². The molecule has 338 valence electrons. The van der Waals surface area contributed by atoms with Crippen molar-refractivity contribution in [3.8, 4) is 11.1 Å². The number of fused-ring (bicyclic) bond motifs is 5. The topological polar surface area (TPSA) is 58.2 Å². The highest BCUT2D eigenvalue weighted by molar-refractivity contribution is 6.34. The molecule has 0 bridgehead atoms. The zero-order valence-electron chi connectivity index (χ0n) is 40.3. The molecular weight excluding hydrogens is 853 g/mol. The molecule has 0 aliphatic heterocycles. The molecule has 2 amide bonds. The van der Waals surface area contributed by atoms with Crippen molar-refractivity contribution in [3.63, 3.8) is 0 Å². The highest BCUT2D eigenvalue weighted by Gasteiger charge is 2.46. The Kier molecular flexibility index (Phi) is 10.1. The van der Waals surface area contributed by atoms with E-state index in [1.54, 1.807) is 0 Å². The first kappa shape index (κ1) is 43.0. The third-order valence-corrected chi connectivity index (χ3v) is 15.5. The first-order valence-corrected chi connectivity index (χ1v) is 24.3. The second kappa shape index (κ2) is 16.4. The lowest BCUT2D eigenvalue weighted by Crippen LogP contribution is -2.28. The van der Waals surface area contributed by atoms with Crippen LogP contribution in [0.25, 0.3) is 54.2 Å². The van der Waals surface area contributed by atoms with E-state index in [2.05, 4.69) is 172 Å². The van der Waals surface area contributed by atoms with Gasteiger partial charge in [0, 0.05) is 22.5 Å². The van der Waals surface area contributed by atoms with Crippen LogP contribution in [0.5, 0.6) is 0 Å². The normalized spacial score (nSPS) is 12.7. The molecule has 0 heterocycles. The Hall–Kier alpha value is -8.34. The van der Waals surface area contributed by atoms with Crippen LogP contribution in [0, 0.1) is 41.5 Å². The van der Waals surface area contributed by atoms with Crippen molar-refractivity contribution in [3.05, 3.63) is 260 Å². The van der Waals surface area contributed by atoms with E-state index in [9.17, 15) is 9.59 Å². The number of carbonyl (C=O) groups is 2. The first-order chi connectivity index (χ1) is 34.0. The van der Waals surface area contributed by atoms with E-state index in [0.29, 0.717) is 17.5 Å². The summed E-state index contributed by atoms with van der Waals surface area (Å²) in [4.78, 5) is 27.6. The number of hydrogen-bond acceptors (Lipinski definition) is 2. The molecule has 70 heavy (non-hydrogen) atoms. The van der Waals surface area contributed by atoms with E-state index in [4.69, 9.17) is 0 Å². The van der Waals surface area contributed by atoms with Gasteiger partial charge in [-0.2, -0.15) is 0 Å². The lowest BCUT2D eigenvalue weighted by Gasteiger charge is -2.34. The third kappa shape index (κ3) is 6.65. The molecule has 4 nitrogen and oxygen atoms in total. The lowest BCUT2D eigenvalue weighted by atomic mass is 9.67. The maximum Gasteiger partial charge on any atom is 0.255 e. The fourth-order valence-corrected chi connectivity index (χ4v) is 11.8. The summed E-state index contributed by atoms with van der Waals surface area (Å²) < 4.78 is 0. The molecule has 0 spiro atoms. The number of aryl methyl sites for hydroxylation is 6. The van der Waals surface area contributed by atoms with E-state index in [0.717, 1.165) is 44.8 Å². The predicted octanol–water partition coefficient (Wildman–Crippen LogP) is 16.0. The smallest absolute Gasteiger partial charge is 0.255 e. The Labute approximate surface area is 409 Å². The number of hydrogen-bond donors (Lipinski definition) is 2. The van der Waals surface area contributed by atoms with Gasteiger partial charge in [0.15, 0.2) is 0 Å². The number of amides is 2. The fraction of sp³-hybridized carbons (Fsp3) is 0.121. The summed E-state index contributed by atoms with van der Waals surface area (Å²) >= 11 is 0. The van der Waals surface area contributed by atoms with E-state index < -0.39 is 5.41 Å². The van der Waals surface area contributed by atoms with Crippen molar-refractivity contribution in [2.45, 2.75) is 53.4 Å². The van der Waals surface area contributed by atoms with Crippen LogP contribution in [-0.4, -0.2) is 11.8 Å². The molecule has 11 aromatic carbocycles. The molecule has 0 unspecified atom stereocenters. The van der Waals surface area contributed by atoms with Gasteiger partial charge in [0.1, 0.15) is 0 Å². The summed E-state index contributed by atoms with van der Waals surface area (Å²) in [6, 6.07) is 64.1. The molecule has 11 aromatic rings. The van der Waals surface area contributed by atoms with Gasteiger partial charge in [-0.15, -0.1) is 0 Å². The summed E-state index contributed by atoms with van der Waals surface area (Å²) in [6.45, 7) is 12.9. The van der Waals surface area contributed by atoms with Crippen LogP contribution in [0.3, 0.4) is 0 Å². The van der Waals surface area contributed by atoms with Gasteiger partial charge in [0.25, 0.3) is 11.8 Å².